The van der Waals surface area contributed by atoms with Gasteiger partial charge in [-0.1, -0.05) is 22.0 Å². The Morgan fingerprint density at radius 2 is 2.22 bits per heavy atom. The molecular weight excluding hydrogens is 318 g/mol. The summed E-state index contributed by atoms with van der Waals surface area (Å²) in [5, 5.41) is 1.98. The van der Waals surface area contributed by atoms with E-state index in [1.807, 2.05) is 17.5 Å². The van der Waals surface area contributed by atoms with E-state index in [0.29, 0.717) is 17.0 Å². The first-order valence-corrected chi connectivity index (χ1v) is 6.87. The third kappa shape index (κ3) is 1.83. The maximum absolute atomic E-state index is 11.7. The van der Waals surface area contributed by atoms with E-state index in [1.54, 1.807) is 11.3 Å². The molecule has 0 saturated heterocycles. The molecule has 0 radical (unpaired) electrons. The van der Waals surface area contributed by atoms with Crippen LogP contribution in [0.4, 0.5) is 5.95 Å². The molecule has 4 N–H and O–H groups in total. The molecule has 8 heteroatoms. The van der Waals surface area contributed by atoms with Crippen LogP contribution in [0.25, 0.3) is 11.2 Å². The number of hydrogen-bond acceptors (Lipinski definition) is 5. The van der Waals surface area contributed by atoms with Gasteiger partial charge >= 0.3 is 0 Å². The van der Waals surface area contributed by atoms with Crippen LogP contribution in [-0.4, -0.2) is 19.9 Å². The lowest BCUT2D eigenvalue weighted by molar-refractivity contribution is 1.04. The van der Waals surface area contributed by atoms with Crippen molar-refractivity contribution in [1.29, 1.82) is 0 Å². The molecule has 3 rings (SSSR count). The molecule has 0 aliphatic rings. The molecular formula is C10H8BrN5OS. The number of halogens is 1. The lowest BCUT2D eigenvalue weighted by atomic mass is 10.3. The van der Waals surface area contributed by atoms with Crippen molar-refractivity contribution < 1.29 is 0 Å². The molecule has 0 aliphatic heterocycles. The normalized spacial score (nSPS) is 12.9. The molecule has 1 atom stereocenters. The number of anilines is 1. The number of hydrogen-bond donors (Lipinski definition) is 3. The quantitative estimate of drug-likeness (QED) is 0.625. The van der Waals surface area contributed by atoms with Gasteiger partial charge in [0.15, 0.2) is 11.2 Å². The van der Waals surface area contributed by atoms with Crippen LogP contribution in [0.5, 0.6) is 0 Å². The summed E-state index contributed by atoms with van der Waals surface area (Å²) >= 11 is 5.15. The highest BCUT2D eigenvalue weighted by Gasteiger charge is 2.17. The number of fused-ring (bicyclic) bond motifs is 1. The minimum absolute atomic E-state index is 0.0628. The Balaban J connectivity index is 2.14. The first kappa shape index (κ1) is 11.4. The average molecular weight is 326 g/mol. The van der Waals surface area contributed by atoms with E-state index in [-0.39, 0.29) is 16.3 Å². The van der Waals surface area contributed by atoms with Crippen molar-refractivity contribution in [2.24, 2.45) is 0 Å². The van der Waals surface area contributed by atoms with Crippen molar-refractivity contribution in [2.75, 3.05) is 5.73 Å². The molecule has 0 saturated carbocycles. The van der Waals surface area contributed by atoms with Gasteiger partial charge < -0.3 is 10.7 Å². The minimum atomic E-state index is -0.317. The number of nitrogens with one attached hydrogen (secondary N) is 2. The second-order valence-corrected chi connectivity index (χ2v) is 5.54. The van der Waals surface area contributed by atoms with Crippen molar-refractivity contribution >= 4 is 44.4 Å². The van der Waals surface area contributed by atoms with Crippen LogP contribution >= 0.6 is 27.3 Å². The molecule has 0 fully saturated rings. The average Bonchev–Trinajstić information content (AvgIpc) is 2.96. The molecule has 0 spiro atoms. The number of nitrogens with zero attached hydrogens (tertiary/aromatic N) is 2. The first-order chi connectivity index (χ1) is 8.65. The van der Waals surface area contributed by atoms with Gasteiger partial charge in [0.1, 0.15) is 10.7 Å². The maximum atomic E-state index is 11.7. The second kappa shape index (κ2) is 4.21. The van der Waals surface area contributed by atoms with Crippen LogP contribution in [0.1, 0.15) is 15.5 Å². The largest absolute Gasteiger partial charge is 0.369 e. The Labute approximate surface area is 113 Å². The van der Waals surface area contributed by atoms with Gasteiger partial charge in [0.2, 0.25) is 5.95 Å². The minimum Gasteiger partial charge on any atom is -0.369 e. The van der Waals surface area contributed by atoms with Crippen molar-refractivity contribution in [1.82, 2.24) is 19.9 Å². The predicted molar refractivity (Wildman–Crippen MR) is 74.0 cm³/mol. The predicted octanol–water partition coefficient (Wildman–Crippen LogP) is 1.77. The van der Waals surface area contributed by atoms with E-state index in [2.05, 4.69) is 35.9 Å². The Kier molecular flexibility index (Phi) is 2.67. The number of nitrogens with two attached hydrogens (primary N) is 1. The second-order valence-electron chi connectivity index (χ2n) is 3.65. The number of alkyl halides is 1. The van der Waals surface area contributed by atoms with E-state index in [1.165, 1.54) is 0 Å². The Morgan fingerprint density at radius 1 is 1.39 bits per heavy atom. The highest BCUT2D eigenvalue weighted by atomic mass is 79.9. The number of imidazole rings is 1. The number of thiophene rings is 1. The molecule has 0 aliphatic carbocycles. The van der Waals surface area contributed by atoms with Crippen LogP contribution in [0.15, 0.2) is 22.3 Å². The van der Waals surface area contributed by atoms with E-state index < -0.39 is 0 Å². The smallest absolute Gasteiger partial charge is 0.278 e. The van der Waals surface area contributed by atoms with Crippen molar-refractivity contribution in [3.05, 3.63) is 38.6 Å². The number of aromatic nitrogens is 4. The lowest BCUT2D eigenvalue weighted by Crippen LogP contribution is -2.10. The summed E-state index contributed by atoms with van der Waals surface area (Å²) in [6.07, 6.45) is 0. The summed E-state index contributed by atoms with van der Waals surface area (Å²) < 4.78 is 0. The maximum Gasteiger partial charge on any atom is 0.278 e. The summed E-state index contributed by atoms with van der Waals surface area (Å²) in [4.78, 5) is 26.3. The van der Waals surface area contributed by atoms with Crippen LogP contribution < -0.4 is 11.3 Å². The van der Waals surface area contributed by atoms with E-state index in [0.717, 1.165) is 4.88 Å². The monoisotopic (exact) mass is 325 g/mol. The van der Waals surface area contributed by atoms with E-state index in [9.17, 15) is 4.79 Å². The number of rotatable bonds is 2. The molecule has 0 amide bonds. The van der Waals surface area contributed by atoms with Gasteiger partial charge in [-0.3, -0.25) is 9.78 Å². The summed E-state index contributed by atoms with van der Waals surface area (Å²) in [5.74, 6) is 0.698. The molecule has 0 bridgehead atoms. The van der Waals surface area contributed by atoms with Crippen molar-refractivity contribution in [2.45, 2.75) is 4.83 Å². The zero-order valence-electron chi connectivity index (χ0n) is 8.98. The fourth-order valence-electron chi connectivity index (χ4n) is 1.63. The van der Waals surface area contributed by atoms with Gasteiger partial charge in [-0.2, -0.15) is 4.98 Å². The van der Waals surface area contributed by atoms with Gasteiger partial charge in [-0.05, 0) is 11.4 Å². The van der Waals surface area contributed by atoms with Crippen LogP contribution in [-0.2, 0) is 0 Å². The molecule has 3 heterocycles. The number of H-pyrrole nitrogens is 2. The first-order valence-electron chi connectivity index (χ1n) is 5.08. The fourth-order valence-corrected chi connectivity index (χ4v) is 3.03. The van der Waals surface area contributed by atoms with Gasteiger partial charge in [-0.15, -0.1) is 11.3 Å². The van der Waals surface area contributed by atoms with Crippen molar-refractivity contribution in [3.63, 3.8) is 0 Å². The summed E-state index contributed by atoms with van der Waals surface area (Å²) in [6, 6.07) is 3.95. The van der Waals surface area contributed by atoms with Crippen LogP contribution in [0.3, 0.4) is 0 Å². The van der Waals surface area contributed by atoms with Gasteiger partial charge in [0, 0.05) is 4.88 Å². The van der Waals surface area contributed by atoms with Gasteiger partial charge in [0.25, 0.3) is 5.56 Å². The Morgan fingerprint density at radius 3 is 2.94 bits per heavy atom. The van der Waals surface area contributed by atoms with Crippen LogP contribution in [0.2, 0.25) is 0 Å². The fraction of sp³-hybridized carbons (Fsp3) is 0.100. The molecule has 3 aromatic rings. The van der Waals surface area contributed by atoms with Crippen LogP contribution in [0, 0.1) is 0 Å². The number of aromatic amines is 2. The third-order valence-electron chi connectivity index (χ3n) is 2.43. The lowest BCUT2D eigenvalue weighted by Gasteiger charge is -2.01. The van der Waals surface area contributed by atoms with Gasteiger partial charge in [0.05, 0.1) is 0 Å². The highest BCUT2D eigenvalue weighted by molar-refractivity contribution is 9.09. The topological polar surface area (TPSA) is 100 Å². The van der Waals surface area contributed by atoms with Crippen molar-refractivity contribution in [3.8, 4) is 0 Å². The molecule has 0 aromatic carbocycles. The highest BCUT2D eigenvalue weighted by Crippen LogP contribution is 2.32. The summed E-state index contributed by atoms with van der Waals surface area (Å²) in [5.41, 5.74) is 5.82. The van der Waals surface area contributed by atoms with Gasteiger partial charge in [-0.25, -0.2) is 4.98 Å². The SMILES string of the molecule is Nc1nc2nc(C(Br)c3cccs3)[nH]c2c(=O)[nH]1. The standard InChI is InChI=1S/C10H8BrN5OS/c11-5(4-2-1-3-18-4)7-13-6-8(14-7)15-10(12)16-9(6)17/h1-3,5H,(H4,12,13,14,15,16,17). The molecule has 92 valence electrons. The van der Waals surface area contributed by atoms with E-state index >= 15 is 0 Å². The third-order valence-corrected chi connectivity index (χ3v) is 4.60. The summed E-state index contributed by atoms with van der Waals surface area (Å²) in [6.45, 7) is 0. The van der Waals surface area contributed by atoms with E-state index in [4.69, 9.17) is 5.73 Å². The molecule has 18 heavy (non-hydrogen) atoms. The summed E-state index contributed by atoms with van der Waals surface area (Å²) in [7, 11) is 0. The zero-order valence-corrected chi connectivity index (χ0v) is 11.4. The Hall–Kier alpha value is -1.67. The Bertz CT molecular complexity index is 747. The zero-order chi connectivity index (χ0) is 12.7. The molecule has 1 unspecified atom stereocenters. The molecule has 3 aromatic heterocycles. The number of nitrogen functional groups attached to an aromatic ring is 1. The molecule has 6 nitrogen and oxygen atoms in total.